The molecule has 0 radical (unpaired) electrons. The van der Waals surface area contributed by atoms with E-state index in [9.17, 15) is 29.4 Å². The number of carbonyl (C=O) groups excluding carboxylic acids is 4. The largest absolute Gasteiger partial charge is 0.497 e. The smallest absolute Gasteiger partial charge is 0.254 e. The van der Waals surface area contributed by atoms with Crippen LogP contribution in [0.1, 0.15) is 45.1 Å². The molecule has 1 aromatic rings. The summed E-state index contributed by atoms with van der Waals surface area (Å²) in [7, 11) is 1.55. The number of methoxy groups -OCH3 is 1. The molecule has 3 rings (SSSR count). The number of aldehydes is 1. The second kappa shape index (κ2) is 11.9. The Hall–Kier alpha value is -2.90. The van der Waals surface area contributed by atoms with Crippen LogP contribution in [0.2, 0.25) is 0 Å². The van der Waals surface area contributed by atoms with Gasteiger partial charge in [0.1, 0.15) is 23.4 Å². The van der Waals surface area contributed by atoms with Gasteiger partial charge >= 0.3 is 0 Å². The van der Waals surface area contributed by atoms with Gasteiger partial charge in [-0.25, -0.2) is 0 Å². The van der Waals surface area contributed by atoms with Gasteiger partial charge in [-0.2, -0.15) is 0 Å². The molecule has 0 aliphatic carbocycles. The number of amides is 3. The molecule has 7 N–H and O–H groups in total. The minimum absolute atomic E-state index is 0.181. The van der Waals surface area contributed by atoms with E-state index < -0.39 is 53.2 Å². The summed E-state index contributed by atoms with van der Waals surface area (Å²) >= 11 is 0. The summed E-state index contributed by atoms with van der Waals surface area (Å²) in [6.07, 6.45) is -0.745. The molecule has 2 heterocycles. The van der Waals surface area contributed by atoms with E-state index in [1.807, 2.05) is 0 Å². The van der Waals surface area contributed by atoms with Crippen LogP contribution in [0.25, 0.3) is 0 Å². The number of likely N-dealkylation sites (tertiary alicyclic amines) is 1. The van der Waals surface area contributed by atoms with Crippen LogP contribution < -0.4 is 21.5 Å². The van der Waals surface area contributed by atoms with E-state index in [0.717, 1.165) is 5.56 Å². The zero-order chi connectivity index (χ0) is 28.3. The summed E-state index contributed by atoms with van der Waals surface area (Å²) in [6.45, 7) is 3.26. The molecule has 0 spiro atoms. The van der Waals surface area contributed by atoms with Crippen molar-refractivity contribution in [3.8, 4) is 5.75 Å². The predicted molar refractivity (Wildman–Crippen MR) is 138 cm³/mol. The molecular weight excluding hydrogens is 494 g/mol. The standard InChI is InChI=1S/C26H39N5O7/c1-16(33)21(27)23(36)30-13-4-6-20(30)22(35)31(26(28,15-32)17(2)34)24(37)25(11-5-12-29-25)14-18-7-9-19(38-3)10-8-18/h7-10,15-17,20-21,29,33-34H,4-6,11-14,27-28H2,1-3H3/t16-,17+,20?,21?,25+,26+/m0/s1. The summed E-state index contributed by atoms with van der Waals surface area (Å²) < 4.78 is 5.21. The lowest BCUT2D eigenvalue weighted by Crippen LogP contribution is -2.74. The second-order valence-corrected chi connectivity index (χ2v) is 10.3. The van der Waals surface area contributed by atoms with Gasteiger partial charge in [0.25, 0.3) is 11.8 Å². The zero-order valence-electron chi connectivity index (χ0n) is 22.1. The van der Waals surface area contributed by atoms with Gasteiger partial charge in [0.05, 0.1) is 19.3 Å². The number of aliphatic hydroxyl groups excluding tert-OH is 2. The second-order valence-electron chi connectivity index (χ2n) is 10.3. The predicted octanol–water partition coefficient (Wildman–Crippen LogP) is -1.35. The normalized spacial score (nSPS) is 25.2. The van der Waals surface area contributed by atoms with Crippen molar-refractivity contribution in [2.45, 2.75) is 81.4 Å². The maximum absolute atomic E-state index is 14.3. The number of rotatable bonds is 10. The summed E-state index contributed by atoms with van der Waals surface area (Å²) in [6, 6.07) is 4.71. The van der Waals surface area contributed by atoms with Crippen LogP contribution in [0.15, 0.2) is 24.3 Å². The van der Waals surface area contributed by atoms with Crippen LogP contribution >= 0.6 is 0 Å². The van der Waals surface area contributed by atoms with Crippen molar-refractivity contribution in [2.24, 2.45) is 11.5 Å². The molecule has 2 aliphatic heterocycles. The Labute approximate surface area is 222 Å². The van der Waals surface area contributed by atoms with E-state index in [1.54, 1.807) is 31.4 Å². The van der Waals surface area contributed by atoms with E-state index in [0.29, 0.717) is 36.5 Å². The Morgan fingerprint density at radius 3 is 2.42 bits per heavy atom. The molecule has 2 unspecified atom stereocenters. The van der Waals surface area contributed by atoms with Gasteiger partial charge in [-0.3, -0.25) is 29.8 Å². The number of nitrogens with one attached hydrogen (secondary N) is 1. The fraction of sp³-hybridized carbons (Fsp3) is 0.615. The number of hydrogen-bond donors (Lipinski definition) is 5. The monoisotopic (exact) mass is 533 g/mol. The molecule has 210 valence electrons. The van der Waals surface area contributed by atoms with Crippen LogP contribution in [0.5, 0.6) is 5.75 Å². The van der Waals surface area contributed by atoms with E-state index in [1.165, 1.54) is 18.7 Å². The molecule has 2 aliphatic rings. The fourth-order valence-electron chi connectivity index (χ4n) is 5.16. The van der Waals surface area contributed by atoms with Crippen molar-refractivity contribution in [1.82, 2.24) is 15.1 Å². The molecule has 12 heteroatoms. The Morgan fingerprint density at radius 2 is 1.92 bits per heavy atom. The van der Waals surface area contributed by atoms with Crippen LogP contribution in [0, 0.1) is 0 Å². The summed E-state index contributed by atoms with van der Waals surface area (Å²) in [5, 5.41) is 23.6. The third-order valence-corrected chi connectivity index (χ3v) is 7.61. The molecule has 0 bridgehead atoms. The summed E-state index contributed by atoms with van der Waals surface area (Å²) in [5.74, 6) is -1.65. The van der Waals surface area contributed by atoms with Gasteiger partial charge in [0.15, 0.2) is 11.9 Å². The summed E-state index contributed by atoms with van der Waals surface area (Å²) in [4.78, 5) is 55.5. The third-order valence-electron chi connectivity index (χ3n) is 7.61. The van der Waals surface area contributed by atoms with Crippen LogP contribution in [0.4, 0.5) is 0 Å². The Morgan fingerprint density at radius 1 is 1.26 bits per heavy atom. The SMILES string of the molecule is COc1ccc(C[C@@]2(C(=O)N(C(=O)C3CCCN3C(=O)C(N)[C@H](C)O)[C@](N)(C=O)[C@@H](C)O)CCCN2)cc1. The lowest BCUT2D eigenvalue weighted by atomic mass is 9.86. The molecule has 38 heavy (non-hydrogen) atoms. The van der Waals surface area contributed by atoms with Crippen molar-refractivity contribution in [1.29, 1.82) is 0 Å². The lowest BCUT2D eigenvalue weighted by molar-refractivity contribution is -0.168. The maximum Gasteiger partial charge on any atom is 0.254 e. The highest BCUT2D eigenvalue weighted by Crippen LogP contribution is 2.32. The lowest BCUT2D eigenvalue weighted by Gasteiger charge is -2.44. The molecule has 0 aromatic heterocycles. The number of nitrogens with zero attached hydrogens (tertiary/aromatic N) is 2. The minimum atomic E-state index is -2.38. The number of ether oxygens (including phenoxy) is 1. The number of aliphatic hydroxyl groups is 2. The summed E-state index contributed by atoms with van der Waals surface area (Å²) in [5.41, 5.74) is 9.27. The molecule has 12 nitrogen and oxygen atoms in total. The Bertz CT molecular complexity index is 1030. The molecule has 2 fully saturated rings. The Kier molecular flexibility index (Phi) is 9.26. The van der Waals surface area contributed by atoms with Crippen molar-refractivity contribution < 1.29 is 34.1 Å². The first kappa shape index (κ1) is 29.7. The number of benzene rings is 1. The van der Waals surface area contributed by atoms with Gasteiger partial charge in [0.2, 0.25) is 5.91 Å². The zero-order valence-corrected chi connectivity index (χ0v) is 22.1. The molecule has 2 saturated heterocycles. The molecule has 1 aromatic carbocycles. The van der Waals surface area contributed by atoms with Crippen LogP contribution in [0.3, 0.4) is 0 Å². The molecule has 6 atom stereocenters. The van der Waals surface area contributed by atoms with Gasteiger partial charge < -0.3 is 30.9 Å². The topological polar surface area (TPSA) is 189 Å². The van der Waals surface area contributed by atoms with Crippen molar-refractivity contribution in [3.63, 3.8) is 0 Å². The number of nitrogens with two attached hydrogens (primary N) is 2. The fourth-order valence-corrected chi connectivity index (χ4v) is 5.16. The van der Waals surface area contributed by atoms with Gasteiger partial charge in [-0.1, -0.05) is 12.1 Å². The van der Waals surface area contributed by atoms with E-state index in [2.05, 4.69) is 5.32 Å². The highest BCUT2D eigenvalue weighted by molar-refractivity contribution is 6.06. The molecule has 3 amide bonds. The maximum atomic E-state index is 14.3. The first-order chi connectivity index (χ1) is 17.9. The van der Waals surface area contributed by atoms with Crippen molar-refractivity contribution in [3.05, 3.63) is 29.8 Å². The van der Waals surface area contributed by atoms with Gasteiger partial charge in [0, 0.05) is 6.54 Å². The highest BCUT2D eigenvalue weighted by atomic mass is 16.5. The molecule has 0 saturated carbocycles. The van der Waals surface area contributed by atoms with Gasteiger partial charge in [-0.05, 0) is 70.2 Å². The van der Waals surface area contributed by atoms with Crippen molar-refractivity contribution >= 4 is 24.0 Å². The van der Waals surface area contributed by atoms with E-state index in [-0.39, 0.29) is 25.7 Å². The van der Waals surface area contributed by atoms with E-state index in [4.69, 9.17) is 16.2 Å². The molecular formula is C26H39N5O7. The average molecular weight is 534 g/mol. The minimum Gasteiger partial charge on any atom is -0.497 e. The quantitative estimate of drug-likeness (QED) is 0.137. The first-order valence-electron chi connectivity index (χ1n) is 12.9. The van der Waals surface area contributed by atoms with Crippen molar-refractivity contribution in [2.75, 3.05) is 20.2 Å². The van der Waals surface area contributed by atoms with Gasteiger partial charge in [-0.15, -0.1) is 0 Å². The number of imide groups is 1. The Balaban J connectivity index is 2.03. The third kappa shape index (κ3) is 5.59. The van der Waals surface area contributed by atoms with Crippen LogP contribution in [-0.4, -0.2) is 99.7 Å². The van der Waals surface area contributed by atoms with Crippen LogP contribution in [-0.2, 0) is 25.6 Å². The highest BCUT2D eigenvalue weighted by Gasteiger charge is 2.55. The first-order valence-corrected chi connectivity index (χ1v) is 12.9. The number of hydrogen-bond acceptors (Lipinski definition) is 10. The van der Waals surface area contributed by atoms with E-state index >= 15 is 0 Å². The number of carbonyl (C=O) groups is 4. The average Bonchev–Trinajstić information content (AvgIpc) is 3.58.